The van der Waals surface area contributed by atoms with Gasteiger partial charge in [0, 0.05) is 25.0 Å². The molecule has 0 saturated heterocycles. The molecule has 1 N–H and O–H groups in total. The van der Waals surface area contributed by atoms with Gasteiger partial charge >= 0.3 is 0 Å². The molecule has 1 unspecified atom stereocenters. The third kappa shape index (κ3) is 4.81. The van der Waals surface area contributed by atoms with Gasteiger partial charge in [0.15, 0.2) is 0 Å². The van der Waals surface area contributed by atoms with Gasteiger partial charge in [-0.05, 0) is 38.8 Å². The second-order valence-electron chi connectivity index (χ2n) is 5.70. The summed E-state index contributed by atoms with van der Waals surface area (Å²) < 4.78 is 13.8. The SMILES string of the molecule is C=CN(C)C(CC(=O)C1CCC(O)CC1)C(=C)C(F)=CC. The molecule has 1 saturated carbocycles. The highest BCUT2D eigenvalue weighted by molar-refractivity contribution is 5.82. The third-order valence-corrected chi connectivity index (χ3v) is 4.29. The molecular formula is C17H26FNO2. The third-order valence-electron chi connectivity index (χ3n) is 4.29. The number of ketones is 1. The molecule has 0 aliphatic heterocycles. The van der Waals surface area contributed by atoms with Gasteiger partial charge < -0.3 is 10.0 Å². The fourth-order valence-electron chi connectivity index (χ4n) is 2.74. The summed E-state index contributed by atoms with van der Waals surface area (Å²) in [5, 5.41) is 9.51. The largest absolute Gasteiger partial charge is 0.393 e. The maximum atomic E-state index is 13.8. The average Bonchev–Trinajstić information content (AvgIpc) is 2.50. The minimum Gasteiger partial charge on any atom is -0.393 e. The number of carbonyl (C=O) groups is 1. The first-order valence-corrected chi connectivity index (χ1v) is 7.46. The molecule has 0 aromatic carbocycles. The van der Waals surface area contributed by atoms with Crippen LogP contribution in [0.25, 0.3) is 0 Å². The molecule has 1 rings (SSSR count). The first kappa shape index (κ1) is 17.6. The van der Waals surface area contributed by atoms with E-state index < -0.39 is 6.04 Å². The van der Waals surface area contributed by atoms with Crippen LogP contribution in [0, 0.1) is 5.92 Å². The van der Waals surface area contributed by atoms with Crippen LogP contribution in [0.1, 0.15) is 39.0 Å². The molecule has 3 nitrogen and oxygen atoms in total. The highest BCUT2D eigenvalue weighted by Gasteiger charge is 2.29. The van der Waals surface area contributed by atoms with Crippen LogP contribution < -0.4 is 0 Å². The Morgan fingerprint density at radius 1 is 1.43 bits per heavy atom. The molecule has 118 valence electrons. The number of aliphatic hydroxyl groups excluding tert-OH is 1. The van der Waals surface area contributed by atoms with E-state index in [9.17, 15) is 14.3 Å². The fourth-order valence-corrected chi connectivity index (χ4v) is 2.74. The Labute approximate surface area is 126 Å². The number of rotatable bonds is 7. The van der Waals surface area contributed by atoms with Gasteiger partial charge in [0.25, 0.3) is 0 Å². The number of likely N-dealkylation sites (N-methyl/N-ethyl adjacent to an activating group) is 1. The van der Waals surface area contributed by atoms with Crippen molar-refractivity contribution in [3.8, 4) is 0 Å². The standard InChI is InChI=1S/C17H26FNO2/c1-5-15(18)12(3)16(19(4)6-2)11-17(21)13-7-9-14(20)10-8-13/h5-6,13-14,16,20H,2-3,7-11H2,1,4H3. The summed E-state index contributed by atoms with van der Waals surface area (Å²) in [6.07, 6.45) is 5.64. The second kappa shape index (κ2) is 8.13. The van der Waals surface area contributed by atoms with E-state index in [2.05, 4.69) is 13.2 Å². The first-order chi connectivity index (χ1) is 9.90. The molecule has 0 radical (unpaired) electrons. The predicted octanol–water partition coefficient (Wildman–Crippen LogP) is 3.37. The number of allylic oxidation sites excluding steroid dienone is 1. The minimum absolute atomic E-state index is 0.0319. The van der Waals surface area contributed by atoms with E-state index >= 15 is 0 Å². The van der Waals surface area contributed by atoms with E-state index in [4.69, 9.17) is 0 Å². The molecule has 0 aromatic heterocycles. The molecule has 1 fully saturated rings. The van der Waals surface area contributed by atoms with Gasteiger partial charge in [0.2, 0.25) is 0 Å². The van der Waals surface area contributed by atoms with Crippen molar-refractivity contribution in [3.63, 3.8) is 0 Å². The van der Waals surface area contributed by atoms with E-state index in [1.165, 1.54) is 6.08 Å². The Hall–Kier alpha value is -1.42. The van der Waals surface area contributed by atoms with Crippen LogP contribution in [-0.4, -0.2) is 35.0 Å². The Morgan fingerprint density at radius 3 is 2.48 bits per heavy atom. The second-order valence-corrected chi connectivity index (χ2v) is 5.70. The fraction of sp³-hybridized carbons (Fsp3) is 0.588. The summed E-state index contributed by atoms with van der Waals surface area (Å²) in [6.45, 7) is 9.06. The summed E-state index contributed by atoms with van der Waals surface area (Å²) in [5.41, 5.74) is 0.309. The van der Waals surface area contributed by atoms with Crippen molar-refractivity contribution < 1.29 is 14.3 Å². The zero-order chi connectivity index (χ0) is 16.0. The Morgan fingerprint density at radius 2 is 2.00 bits per heavy atom. The van der Waals surface area contributed by atoms with Crippen LogP contribution in [-0.2, 0) is 4.79 Å². The molecule has 0 aromatic rings. The number of carbonyl (C=O) groups excluding carboxylic acids is 1. The maximum Gasteiger partial charge on any atom is 0.138 e. The monoisotopic (exact) mass is 295 g/mol. The summed E-state index contributed by atoms with van der Waals surface area (Å²) >= 11 is 0. The lowest BCUT2D eigenvalue weighted by molar-refractivity contribution is -0.125. The van der Waals surface area contributed by atoms with Gasteiger partial charge in [-0.25, -0.2) is 4.39 Å². The summed E-state index contributed by atoms with van der Waals surface area (Å²) in [4.78, 5) is 14.1. The van der Waals surface area contributed by atoms with Gasteiger partial charge in [0.1, 0.15) is 11.6 Å². The quantitative estimate of drug-likeness (QED) is 0.732. The first-order valence-electron chi connectivity index (χ1n) is 7.46. The zero-order valence-corrected chi connectivity index (χ0v) is 13.0. The van der Waals surface area contributed by atoms with Crippen molar-refractivity contribution in [3.05, 3.63) is 36.8 Å². The van der Waals surface area contributed by atoms with E-state index in [1.807, 2.05) is 0 Å². The number of Topliss-reactive ketones (excluding diaryl/α,β-unsaturated/α-hetero) is 1. The molecule has 0 amide bonds. The lowest BCUT2D eigenvalue weighted by Crippen LogP contribution is -2.34. The Balaban J connectivity index is 2.74. The molecule has 1 atom stereocenters. The van der Waals surface area contributed by atoms with Crippen LogP contribution in [0.5, 0.6) is 0 Å². The molecule has 1 aliphatic carbocycles. The Bertz CT molecular complexity index is 423. The van der Waals surface area contributed by atoms with Gasteiger partial charge in [-0.3, -0.25) is 4.79 Å². The highest BCUT2D eigenvalue weighted by atomic mass is 19.1. The molecule has 1 aliphatic rings. The number of aliphatic hydroxyl groups is 1. The van der Waals surface area contributed by atoms with Gasteiger partial charge in [0.05, 0.1) is 12.1 Å². The average molecular weight is 295 g/mol. The number of halogens is 1. The van der Waals surface area contributed by atoms with Crippen molar-refractivity contribution >= 4 is 5.78 Å². The summed E-state index contributed by atoms with van der Waals surface area (Å²) in [5.74, 6) is -0.304. The molecule has 0 bridgehead atoms. The Kier molecular flexibility index (Phi) is 6.82. The number of nitrogens with zero attached hydrogens (tertiary/aromatic N) is 1. The molecule has 0 spiro atoms. The lowest BCUT2D eigenvalue weighted by Gasteiger charge is -2.30. The maximum absolute atomic E-state index is 13.8. The van der Waals surface area contributed by atoms with Crippen molar-refractivity contribution in [2.24, 2.45) is 5.92 Å². The van der Waals surface area contributed by atoms with Crippen LogP contribution in [0.15, 0.2) is 36.8 Å². The lowest BCUT2D eigenvalue weighted by atomic mass is 9.82. The molecule has 21 heavy (non-hydrogen) atoms. The van der Waals surface area contributed by atoms with E-state index in [0.29, 0.717) is 31.3 Å². The number of hydrogen-bond acceptors (Lipinski definition) is 3. The van der Waals surface area contributed by atoms with Gasteiger partial charge in [-0.1, -0.05) is 19.2 Å². The molecule has 4 heteroatoms. The van der Waals surface area contributed by atoms with E-state index in [1.54, 1.807) is 25.1 Å². The van der Waals surface area contributed by atoms with Gasteiger partial charge in [-0.15, -0.1) is 0 Å². The van der Waals surface area contributed by atoms with Crippen molar-refractivity contribution in [1.29, 1.82) is 0 Å². The topological polar surface area (TPSA) is 40.5 Å². The van der Waals surface area contributed by atoms with E-state index in [-0.39, 0.29) is 30.1 Å². The van der Waals surface area contributed by atoms with Gasteiger partial charge in [-0.2, -0.15) is 0 Å². The van der Waals surface area contributed by atoms with Crippen molar-refractivity contribution in [1.82, 2.24) is 4.90 Å². The smallest absolute Gasteiger partial charge is 0.138 e. The normalized spacial score (nSPS) is 24.3. The molecule has 0 heterocycles. The van der Waals surface area contributed by atoms with E-state index in [0.717, 1.165) is 0 Å². The summed E-state index contributed by atoms with van der Waals surface area (Å²) in [7, 11) is 1.77. The predicted molar refractivity (Wildman–Crippen MR) is 83.3 cm³/mol. The highest BCUT2D eigenvalue weighted by Crippen LogP contribution is 2.28. The zero-order valence-electron chi connectivity index (χ0n) is 13.0. The van der Waals surface area contributed by atoms with Crippen LogP contribution in [0.3, 0.4) is 0 Å². The van der Waals surface area contributed by atoms with Crippen molar-refractivity contribution in [2.45, 2.75) is 51.2 Å². The van der Waals surface area contributed by atoms with Crippen LogP contribution >= 0.6 is 0 Å². The number of hydrogen-bond donors (Lipinski definition) is 1. The summed E-state index contributed by atoms with van der Waals surface area (Å²) in [6, 6.07) is -0.405. The van der Waals surface area contributed by atoms with Crippen molar-refractivity contribution in [2.75, 3.05) is 7.05 Å². The van der Waals surface area contributed by atoms with Crippen LogP contribution in [0.4, 0.5) is 4.39 Å². The van der Waals surface area contributed by atoms with Crippen LogP contribution in [0.2, 0.25) is 0 Å². The minimum atomic E-state index is -0.405. The molecular weight excluding hydrogens is 269 g/mol.